The highest BCUT2D eigenvalue weighted by Gasteiger charge is 2.13. The van der Waals surface area contributed by atoms with E-state index in [9.17, 15) is 17.6 Å². The number of hydrogen-bond donors (Lipinski definition) is 2. The number of amides is 1. The third kappa shape index (κ3) is 4.19. The van der Waals surface area contributed by atoms with Crippen LogP contribution >= 0.6 is 11.8 Å². The van der Waals surface area contributed by atoms with E-state index in [-0.39, 0.29) is 27.7 Å². The maximum Gasteiger partial charge on any atom is 0.250 e. The van der Waals surface area contributed by atoms with E-state index in [1.54, 1.807) is 0 Å². The Morgan fingerprint density at radius 2 is 2.06 bits per heavy atom. The van der Waals surface area contributed by atoms with Gasteiger partial charge in [0.25, 0.3) is 5.91 Å². The van der Waals surface area contributed by atoms with Gasteiger partial charge in [0.2, 0.25) is 0 Å². The fourth-order valence-electron chi connectivity index (χ4n) is 1.20. The van der Waals surface area contributed by atoms with Crippen LogP contribution in [-0.4, -0.2) is 32.1 Å². The zero-order valence-corrected chi connectivity index (χ0v) is 11.3. The molecule has 1 amide bonds. The summed E-state index contributed by atoms with van der Waals surface area (Å²) in [5, 5.41) is 0. The Kier molecular flexibility index (Phi) is 4.58. The molecule has 1 rings (SSSR count). The minimum Gasteiger partial charge on any atom is -0.398 e. The van der Waals surface area contributed by atoms with Gasteiger partial charge in [-0.1, -0.05) is 0 Å². The number of benzene rings is 1. The van der Waals surface area contributed by atoms with Crippen LogP contribution in [0.4, 0.5) is 10.1 Å². The Bertz CT molecular complexity index is 573. The standard InChI is InChI=1S/C10H13FN2O3S2/c1-18(15,16)3-2-17-9-4-6(10(13)14)8(12)5-7(9)11/h4-5H,2-3,12H2,1H3,(H2,13,14). The zero-order chi connectivity index (χ0) is 13.9. The van der Waals surface area contributed by atoms with Crippen molar-refractivity contribution < 1.29 is 17.6 Å². The lowest BCUT2D eigenvalue weighted by molar-refractivity contribution is 0.100. The number of rotatable bonds is 5. The molecule has 18 heavy (non-hydrogen) atoms. The van der Waals surface area contributed by atoms with E-state index < -0.39 is 21.6 Å². The van der Waals surface area contributed by atoms with Crippen molar-refractivity contribution >= 4 is 33.2 Å². The summed E-state index contributed by atoms with van der Waals surface area (Å²) in [5.41, 5.74) is 10.5. The minimum atomic E-state index is -3.10. The number of carbonyl (C=O) groups is 1. The quantitative estimate of drug-likeness (QED) is 0.612. The van der Waals surface area contributed by atoms with Crippen LogP contribution in [0.15, 0.2) is 17.0 Å². The van der Waals surface area contributed by atoms with Gasteiger partial charge in [-0.2, -0.15) is 0 Å². The molecule has 1 aromatic rings. The van der Waals surface area contributed by atoms with Crippen molar-refractivity contribution in [1.29, 1.82) is 0 Å². The number of halogens is 1. The van der Waals surface area contributed by atoms with E-state index in [0.717, 1.165) is 24.1 Å². The molecule has 0 bridgehead atoms. The van der Waals surface area contributed by atoms with Gasteiger partial charge < -0.3 is 11.5 Å². The summed E-state index contributed by atoms with van der Waals surface area (Å²) in [7, 11) is -3.10. The van der Waals surface area contributed by atoms with Crippen LogP contribution in [0.5, 0.6) is 0 Å². The molecule has 0 spiro atoms. The molecule has 5 nitrogen and oxygen atoms in total. The van der Waals surface area contributed by atoms with Gasteiger partial charge in [0.15, 0.2) is 0 Å². The molecule has 0 unspecified atom stereocenters. The molecule has 8 heteroatoms. The van der Waals surface area contributed by atoms with Crippen molar-refractivity contribution in [1.82, 2.24) is 0 Å². The van der Waals surface area contributed by atoms with E-state index in [0.29, 0.717) is 0 Å². The molecule has 0 heterocycles. The first kappa shape index (κ1) is 14.8. The predicted octanol–water partition coefficient (Wildman–Crippen LogP) is 0.644. The minimum absolute atomic E-state index is 0.0262. The number of anilines is 1. The highest BCUT2D eigenvalue weighted by Crippen LogP contribution is 2.26. The van der Waals surface area contributed by atoms with Gasteiger partial charge >= 0.3 is 0 Å². The second-order valence-electron chi connectivity index (χ2n) is 3.71. The van der Waals surface area contributed by atoms with Crippen LogP contribution in [0.3, 0.4) is 0 Å². The molecule has 100 valence electrons. The Morgan fingerprint density at radius 1 is 1.44 bits per heavy atom. The van der Waals surface area contributed by atoms with Crippen molar-refractivity contribution in [3.8, 4) is 0 Å². The molecule has 0 fully saturated rings. The van der Waals surface area contributed by atoms with Crippen LogP contribution in [0.1, 0.15) is 10.4 Å². The highest BCUT2D eigenvalue weighted by molar-refractivity contribution is 8.00. The van der Waals surface area contributed by atoms with Crippen molar-refractivity contribution in [3.05, 3.63) is 23.5 Å². The average molecular weight is 292 g/mol. The summed E-state index contributed by atoms with van der Waals surface area (Å²) in [6.07, 6.45) is 1.10. The second kappa shape index (κ2) is 5.57. The van der Waals surface area contributed by atoms with E-state index >= 15 is 0 Å². The molecule has 0 saturated carbocycles. The number of sulfone groups is 1. The number of carbonyl (C=O) groups excluding carboxylic acids is 1. The SMILES string of the molecule is CS(=O)(=O)CCSc1cc(C(N)=O)c(N)cc1F. The van der Waals surface area contributed by atoms with Crippen molar-refractivity contribution in [2.45, 2.75) is 4.90 Å². The number of thioether (sulfide) groups is 1. The Balaban J connectivity index is 2.89. The van der Waals surface area contributed by atoms with E-state index in [1.807, 2.05) is 0 Å². The largest absolute Gasteiger partial charge is 0.398 e. The third-order valence-corrected chi connectivity index (χ3v) is 4.32. The van der Waals surface area contributed by atoms with Gasteiger partial charge in [0.1, 0.15) is 15.7 Å². The lowest BCUT2D eigenvalue weighted by Gasteiger charge is -2.07. The smallest absolute Gasteiger partial charge is 0.250 e. The summed E-state index contributed by atoms with van der Waals surface area (Å²) < 4.78 is 35.4. The molecule has 0 aromatic heterocycles. The van der Waals surface area contributed by atoms with Crippen LogP contribution < -0.4 is 11.5 Å². The summed E-state index contributed by atoms with van der Waals surface area (Å²) >= 11 is 0.997. The predicted molar refractivity (Wildman–Crippen MR) is 69.8 cm³/mol. The van der Waals surface area contributed by atoms with Crippen LogP contribution in [0, 0.1) is 5.82 Å². The zero-order valence-electron chi connectivity index (χ0n) is 9.64. The van der Waals surface area contributed by atoms with Crippen LogP contribution in [0.2, 0.25) is 0 Å². The van der Waals surface area contributed by atoms with E-state index in [1.165, 1.54) is 6.07 Å². The van der Waals surface area contributed by atoms with Crippen molar-refractivity contribution in [3.63, 3.8) is 0 Å². The molecule has 0 atom stereocenters. The molecule has 4 N–H and O–H groups in total. The topological polar surface area (TPSA) is 103 Å². The lowest BCUT2D eigenvalue weighted by atomic mass is 10.1. The molecule has 0 aliphatic carbocycles. The third-order valence-electron chi connectivity index (χ3n) is 2.08. The molecule has 0 radical (unpaired) electrons. The molecular formula is C10H13FN2O3S2. The highest BCUT2D eigenvalue weighted by atomic mass is 32.2. The van der Waals surface area contributed by atoms with Gasteiger partial charge in [0.05, 0.1) is 11.3 Å². The van der Waals surface area contributed by atoms with Gasteiger partial charge in [-0.15, -0.1) is 11.8 Å². The first-order chi connectivity index (χ1) is 8.20. The van der Waals surface area contributed by atoms with Crippen molar-refractivity contribution in [2.75, 3.05) is 23.5 Å². The molecule has 0 aliphatic heterocycles. The molecular weight excluding hydrogens is 279 g/mol. The van der Waals surface area contributed by atoms with E-state index in [2.05, 4.69) is 0 Å². The fourth-order valence-corrected chi connectivity index (χ4v) is 3.36. The van der Waals surface area contributed by atoms with Gasteiger partial charge in [-0.05, 0) is 12.1 Å². The summed E-state index contributed by atoms with van der Waals surface area (Å²) in [4.78, 5) is 11.2. The maximum atomic E-state index is 13.5. The number of nitrogen functional groups attached to an aromatic ring is 1. The molecule has 0 aliphatic rings. The molecule has 0 saturated heterocycles. The Hall–Kier alpha value is -1.28. The Morgan fingerprint density at radius 3 is 2.56 bits per heavy atom. The molecule has 1 aromatic carbocycles. The average Bonchev–Trinajstić information content (AvgIpc) is 2.18. The normalized spacial score (nSPS) is 11.4. The van der Waals surface area contributed by atoms with Crippen LogP contribution in [-0.2, 0) is 9.84 Å². The summed E-state index contributed by atoms with van der Waals surface area (Å²) in [6.45, 7) is 0. The first-order valence-corrected chi connectivity index (χ1v) is 7.94. The number of hydrogen-bond acceptors (Lipinski definition) is 5. The van der Waals surface area contributed by atoms with Gasteiger partial charge in [0, 0.05) is 22.6 Å². The number of primary amides is 1. The first-order valence-electron chi connectivity index (χ1n) is 4.90. The van der Waals surface area contributed by atoms with Crippen LogP contribution in [0.25, 0.3) is 0 Å². The van der Waals surface area contributed by atoms with Gasteiger partial charge in [-0.3, -0.25) is 4.79 Å². The summed E-state index contributed by atoms with van der Waals surface area (Å²) in [6, 6.07) is 2.24. The monoisotopic (exact) mass is 292 g/mol. The lowest BCUT2D eigenvalue weighted by Crippen LogP contribution is -2.14. The van der Waals surface area contributed by atoms with Gasteiger partial charge in [-0.25, -0.2) is 12.8 Å². The second-order valence-corrected chi connectivity index (χ2v) is 7.11. The van der Waals surface area contributed by atoms with E-state index in [4.69, 9.17) is 11.5 Å². The maximum absolute atomic E-state index is 13.5. The Labute approximate surface area is 109 Å². The van der Waals surface area contributed by atoms with Crippen molar-refractivity contribution in [2.24, 2.45) is 5.73 Å². The fraction of sp³-hybridized carbons (Fsp3) is 0.300. The summed E-state index contributed by atoms with van der Waals surface area (Å²) in [5.74, 6) is -1.24. The number of nitrogens with two attached hydrogens (primary N) is 2.